The van der Waals surface area contributed by atoms with Crippen LogP contribution in [0.25, 0.3) is 0 Å². The molecule has 0 saturated heterocycles. The van der Waals surface area contributed by atoms with Gasteiger partial charge in [0.15, 0.2) is 0 Å². The normalized spacial score (nSPS) is 12.3. The summed E-state index contributed by atoms with van der Waals surface area (Å²) in [5.41, 5.74) is 0.715. The molecular formula is C18H28N2O3S. The molecule has 1 atom stereocenters. The molecule has 0 aliphatic carbocycles. The lowest BCUT2D eigenvalue weighted by Crippen LogP contribution is -2.36. The Kier molecular flexibility index (Phi) is 8.68. The second-order valence-electron chi connectivity index (χ2n) is 6.51. The van der Waals surface area contributed by atoms with Gasteiger partial charge in [-0.25, -0.2) is 4.79 Å². The highest BCUT2D eigenvalue weighted by Crippen LogP contribution is 2.17. The van der Waals surface area contributed by atoms with Crippen molar-refractivity contribution in [1.29, 1.82) is 0 Å². The summed E-state index contributed by atoms with van der Waals surface area (Å²) in [5.74, 6) is 0.837. The van der Waals surface area contributed by atoms with Gasteiger partial charge in [-0.2, -0.15) is 0 Å². The second-order valence-corrected chi connectivity index (χ2v) is 7.84. The van der Waals surface area contributed by atoms with E-state index < -0.39 is 11.7 Å². The summed E-state index contributed by atoms with van der Waals surface area (Å²) in [6.45, 7) is 8.37. The molecular weight excluding hydrogens is 324 g/mol. The van der Waals surface area contributed by atoms with Crippen LogP contribution < -0.4 is 10.6 Å². The van der Waals surface area contributed by atoms with Gasteiger partial charge in [-0.1, -0.05) is 30.3 Å². The minimum atomic E-state index is -0.496. The Hall–Kier alpha value is -1.69. The summed E-state index contributed by atoms with van der Waals surface area (Å²) in [6.07, 6.45) is 0.238. The van der Waals surface area contributed by atoms with E-state index in [4.69, 9.17) is 4.74 Å². The summed E-state index contributed by atoms with van der Waals surface area (Å²) < 4.78 is 5.14. The fourth-order valence-corrected chi connectivity index (χ4v) is 2.69. The largest absolute Gasteiger partial charge is 0.444 e. The number of amides is 2. The van der Waals surface area contributed by atoms with E-state index >= 15 is 0 Å². The lowest BCUT2D eigenvalue weighted by molar-refractivity contribution is -0.120. The highest BCUT2D eigenvalue weighted by Gasteiger charge is 2.16. The quantitative estimate of drug-likeness (QED) is 0.704. The van der Waals surface area contributed by atoms with E-state index in [2.05, 4.69) is 22.8 Å². The first-order chi connectivity index (χ1) is 11.3. The van der Waals surface area contributed by atoms with Gasteiger partial charge in [0.05, 0.1) is 5.25 Å². The van der Waals surface area contributed by atoms with Crippen LogP contribution in [0.3, 0.4) is 0 Å². The highest BCUT2D eigenvalue weighted by atomic mass is 32.2. The Morgan fingerprint density at radius 2 is 1.75 bits per heavy atom. The fraction of sp³-hybridized carbons (Fsp3) is 0.556. The van der Waals surface area contributed by atoms with Gasteiger partial charge in [0, 0.05) is 18.8 Å². The maximum atomic E-state index is 12.0. The lowest BCUT2D eigenvalue weighted by Gasteiger charge is -2.19. The van der Waals surface area contributed by atoms with Gasteiger partial charge >= 0.3 is 6.09 Å². The molecule has 0 aliphatic rings. The van der Waals surface area contributed by atoms with Crippen molar-refractivity contribution in [2.75, 3.05) is 13.1 Å². The smallest absolute Gasteiger partial charge is 0.407 e. The fourth-order valence-electron chi connectivity index (χ4n) is 1.82. The standard InChI is InChI=1S/C18H28N2O3S/c1-14(24-13-15-9-6-5-7-10-15)16(21)19-11-8-12-20-17(22)23-18(2,3)4/h5-7,9-10,14H,8,11-13H2,1-4H3,(H,19,21)(H,20,22)/t14-/m1/s1. The molecule has 0 spiro atoms. The minimum Gasteiger partial charge on any atom is -0.444 e. The van der Waals surface area contributed by atoms with E-state index in [0.717, 1.165) is 5.75 Å². The first kappa shape index (κ1) is 20.4. The van der Waals surface area contributed by atoms with E-state index in [0.29, 0.717) is 19.5 Å². The third kappa shape index (κ3) is 9.45. The van der Waals surface area contributed by atoms with Gasteiger partial charge in [-0.05, 0) is 39.7 Å². The Balaban J connectivity index is 2.11. The van der Waals surface area contributed by atoms with Crippen LogP contribution in [0.1, 0.15) is 39.7 Å². The molecule has 0 heterocycles. The Morgan fingerprint density at radius 3 is 2.38 bits per heavy atom. The van der Waals surface area contributed by atoms with Crippen LogP contribution in [0.2, 0.25) is 0 Å². The second kappa shape index (κ2) is 10.2. The first-order valence-electron chi connectivity index (χ1n) is 8.18. The maximum absolute atomic E-state index is 12.0. The molecule has 2 N–H and O–H groups in total. The zero-order chi connectivity index (χ0) is 18.0. The van der Waals surface area contributed by atoms with Crippen molar-refractivity contribution in [2.24, 2.45) is 0 Å². The van der Waals surface area contributed by atoms with Crippen LogP contribution in [-0.2, 0) is 15.3 Å². The SMILES string of the molecule is C[C@@H](SCc1ccccc1)C(=O)NCCCNC(=O)OC(C)(C)C. The third-order valence-electron chi connectivity index (χ3n) is 3.03. The van der Waals surface area contributed by atoms with Gasteiger partial charge in [-0.15, -0.1) is 11.8 Å². The van der Waals surface area contributed by atoms with Crippen LogP contribution in [0.15, 0.2) is 30.3 Å². The van der Waals surface area contributed by atoms with Gasteiger partial charge in [-0.3, -0.25) is 4.79 Å². The monoisotopic (exact) mass is 352 g/mol. The average Bonchev–Trinajstić information content (AvgIpc) is 2.51. The molecule has 1 rings (SSSR count). The number of hydrogen-bond acceptors (Lipinski definition) is 4. The van der Waals surface area contributed by atoms with Crippen LogP contribution in [-0.4, -0.2) is 35.9 Å². The lowest BCUT2D eigenvalue weighted by atomic mass is 10.2. The predicted molar refractivity (Wildman–Crippen MR) is 99.1 cm³/mol. The number of alkyl carbamates (subject to hydrolysis) is 1. The van der Waals surface area contributed by atoms with Crippen LogP contribution in [0, 0.1) is 0 Å². The molecule has 24 heavy (non-hydrogen) atoms. The molecule has 0 aliphatic heterocycles. The molecule has 0 fully saturated rings. The summed E-state index contributed by atoms with van der Waals surface area (Å²) in [5, 5.41) is 5.45. The summed E-state index contributed by atoms with van der Waals surface area (Å²) in [4.78, 5) is 23.5. The summed E-state index contributed by atoms with van der Waals surface area (Å²) in [7, 11) is 0. The zero-order valence-electron chi connectivity index (χ0n) is 14.9. The third-order valence-corrected chi connectivity index (χ3v) is 4.25. The molecule has 5 nitrogen and oxygen atoms in total. The zero-order valence-corrected chi connectivity index (χ0v) is 15.7. The maximum Gasteiger partial charge on any atom is 0.407 e. The molecule has 134 valence electrons. The first-order valence-corrected chi connectivity index (χ1v) is 9.23. The minimum absolute atomic E-state index is 0.0215. The van der Waals surface area contributed by atoms with Crippen molar-refractivity contribution in [1.82, 2.24) is 10.6 Å². The van der Waals surface area contributed by atoms with E-state index in [1.54, 1.807) is 11.8 Å². The molecule has 0 unspecified atom stereocenters. The molecule has 0 bridgehead atoms. The topological polar surface area (TPSA) is 67.4 Å². The summed E-state index contributed by atoms with van der Waals surface area (Å²) >= 11 is 1.61. The van der Waals surface area contributed by atoms with Crippen LogP contribution in [0.4, 0.5) is 4.79 Å². The Morgan fingerprint density at radius 1 is 1.12 bits per heavy atom. The highest BCUT2D eigenvalue weighted by molar-refractivity contribution is 7.99. The van der Waals surface area contributed by atoms with Gasteiger partial charge < -0.3 is 15.4 Å². The molecule has 0 aromatic heterocycles. The number of ether oxygens (including phenoxy) is 1. The predicted octanol–water partition coefficient (Wildman–Crippen LogP) is 3.34. The van der Waals surface area contributed by atoms with E-state index in [1.165, 1.54) is 5.56 Å². The number of benzene rings is 1. The number of hydrogen-bond donors (Lipinski definition) is 2. The Labute approximate surface area is 148 Å². The van der Waals surface area contributed by atoms with Crippen LogP contribution >= 0.6 is 11.8 Å². The number of thioether (sulfide) groups is 1. The van der Waals surface area contributed by atoms with Gasteiger partial charge in [0.2, 0.25) is 5.91 Å². The van der Waals surface area contributed by atoms with E-state index in [1.807, 2.05) is 45.9 Å². The number of carbonyl (C=O) groups excluding carboxylic acids is 2. The number of carbonyl (C=O) groups is 2. The average molecular weight is 353 g/mol. The molecule has 1 aromatic carbocycles. The van der Waals surface area contributed by atoms with Crippen molar-refractivity contribution in [3.05, 3.63) is 35.9 Å². The molecule has 0 radical (unpaired) electrons. The van der Waals surface area contributed by atoms with Crippen molar-refractivity contribution in [2.45, 2.75) is 50.7 Å². The van der Waals surface area contributed by atoms with Crippen molar-refractivity contribution in [3.8, 4) is 0 Å². The number of rotatable bonds is 8. The molecule has 2 amide bonds. The van der Waals surface area contributed by atoms with Crippen LogP contribution in [0.5, 0.6) is 0 Å². The van der Waals surface area contributed by atoms with E-state index in [-0.39, 0.29) is 11.2 Å². The van der Waals surface area contributed by atoms with Crippen molar-refractivity contribution >= 4 is 23.8 Å². The molecule has 6 heteroatoms. The van der Waals surface area contributed by atoms with Gasteiger partial charge in [0.1, 0.15) is 5.60 Å². The Bertz CT molecular complexity index is 515. The number of nitrogens with one attached hydrogen (secondary N) is 2. The van der Waals surface area contributed by atoms with Gasteiger partial charge in [0.25, 0.3) is 0 Å². The van der Waals surface area contributed by atoms with E-state index in [9.17, 15) is 9.59 Å². The van der Waals surface area contributed by atoms with Crippen molar-refractivity contribution in [3.63, 3.8) is 0 Å². The summed E-state index contributed by atoms with van der Waals surface area (Å²) in [6, 6.07) is 10.1. The van der Waals surface area contributed by atoms with Crippen molar-refractivity contribution < 1.29 is 14.3 Å². The molecule has 0 saturated carbocycles. The molecule has 1 aromatic rings.